The Morgan fingerprint density at radius 1 is 1.50 bits per heavy atom. The Kier molecular flexibility index (Phi) is 4.22. The lowest BCUT2D eigenvalue weighted by molar-refractivity contribution is -0.151. The second-order valence-corrected chi connectivity index (χ2v) is 5.30. The van der Waals surface area contributed by atoms with Crippen molar-refractivity contribution < 1.29 is 14.7 Å². The number of nitrogens with zero attached hydrogens (tertiary/aromatic N) is 3. The van der Waals surface area contributed by atoms with Crippen LogP contribution >= 0.6 is 0 Å². The van der Waals surface area contributed by atoms with Gasteiger partial charge in [0.15, 0.2) is 0 Å². The third kappa shape index (κ3) is 3.26. The molecule has 6 nitrogen and oxygen atoms in total. The molecule has 0 saturated carbocycles. The highest BCUT2D eigenvalue weighted by Crippen LogP contribution is 2.23. The van der Waals surface area contributed by atoms with E-state index in [-0.39, 0.29) is 5.91 Å². The predicted molar refractivity (Wildman–Crippen MR) is 73.8 cm³/mol. The highest BCUT2D eigenvalue weighted by atomic mass is 16.4. The van der Waals surface area contributed by atoms with E-state index in [2.05, 4.69) is 5.10 Å². The lowest BCUT2D eigenvalue weighted by atomic mass is 9.92. The van der Waals surface area contributed by atoms with E-state index < -0.39 is 12.0 Å². The molecule has 1 aromatic heterocycles. The Morgan fingerprint density at radius 2 is 2.25 bits per heavy atom. The first kappa shape index (κ1) is 14.3. The molecule has 6 heteroatoms. The van der Waals surface area contributed by atoms with Crippen LogP contribution in [-0.4, -0.2) is 44.3 Å². The normalized spacial score (nSPS) is 23.2. The molecule has 1 saturated heterocycles. The molecule has 1 aliphatic heterocycles. The summed E-state index contributed by atoms with van der Waals surface area (Å²) in [7, 11) is 1.80. The molecule has 0 aromatic carbocycles. The SMILES string of the molecule is CC1CCN(C(=O)/C=C/c2cnn(C)c2)C(C(=O)O)C1. The smallest absolute Gasteiger partial charge is 0.326 e. The largest absolute Gasteiger partial charge is 0.480 e. The Morgan fingerprint density at radius 3 is 2.85 bits per heavy atom. The number of hydrogen-bond donors (Lipinski definition) is 1. The molecule has 108 valence electrons. The summed E-state index contributed by atoms with van der Waals surface area (Å²) >= 11 is 0. The van der Waals surface area contributed by atoms with Crippen molar-refractivity contribution in [3.63, 3.8) is 0 Å². The van der Waals surface area contributed by atoms with Crippen LogP contribution < -0.4 is 0 Å². The number of rotatable bonds is 3. The van der Waals surface area contributed by atoms with E-state index in [0.29, 0.717) is 18.9 Å². The first-order chi connectivity index (χ1) is 9.47. The van der Waals surface area contributed by atoms with Gasteiger partial charge in [-0.3, -0.25) is 9.48 Å². The van der Waals surface area contributed by atoms with Crippen LogP contribution in [0.15, 0.2) is 18.5 Å². The fraction of sp³-hybridized carbons (Fsp3) is 0.500. The van der Waals surface area contributed by atoms with Gasteiger partial charge >= 0.3 is 5.97 Å². The standard InChI is InChI=1S/C14H19N3O3/c1-10-5-6-17(12(7-10)14(19)20)13(18)4-3-11-8-15-16(2)9-11/h3-4,8-10,12H,5-7H2,1-2H3,(H,19,20)/b4-3+. The Hall–Kier alpha value is -2.11. The van der Waals surface area contributed by atoms with E-state index in [1.807, 2.05) is 6.92 Å². The summed E-state index contributed by atoms with van der Waals surface area (Å²) in [6.45, 7) is 2.51. The van der Waals surface area contributed by atoms with Gasteiger partial charge in [-0.2, -0.15) is 5.10 Å². The average molecular weight is 277 g/mol. The van der Waals surface area contributed by atoms with Gasteiger partial charge in [0.25, 0.3) is 0 Å². The maximum Gasteiger partial charge on any atom is 0.326 e. The number of likely N-dealkylation sites (tertiary alicyclic amines) is 1. The highest BCUT2D eigenvalue weighted by molar-refractivity contribution is 5.94. The molecule has 1 fully saturated rings. The lowest BCUT2D eigenvalue weighted by Crippen LogP contribution is -2.49. The van der Waals surface area contributed by atoms with E-state index in [9.17, 15) is 14.7 Å². The monoisotopic (exact) mass is 277 g/mol. The van der Waals surface area contributed by atoms with E-state index in [4.69, 9.17) is 0 Å². The minimum atomic E-state index is -0.931. The zero-order chi connectivity index (χ0) is 14.7. The topological polar surface area (TPSA) is 75.4 Å². The number of piperidine rings is 1. The minimum Gasteiger partial charge on any atom is -0.480 e. The van der Waals surface area contributed by atoms with Gasteiger partial charge in [0.2, 0.25) is 5.91 Å². The molecular weight excluding hydrogens is 258 g/mol. The van der Waals surface area contributed by atoms with Crippen molar-refractivity contribution in [2.45, 2.75) is 25.8 Å². The number of aliphatic carboxylic acids is 1. The van der Waals surface area contributed by atoms with E-state index in [0.717, 1.165) is 12.0 Å². The molecular formula is C14H19N3O3. The van der Waals surface area contributed by atoms with Gasteiger partial charge in [0, 0.05) is 31.4 Å². The summed E-state index contributed by atoms with van der Waals surface area (Å²) in [5.41, 5.74) is 0.818. The molecule has 20 heavy (non-hydrogen) atoms. The maximum absolute atomic E-state index is 12.1. The summed E-state index contributed by atoms with van der Waals surface area (Å²) in [5.74, 6) is -0.852. The molecule has 0 spiro atoms. The van der Waals surface area contributed by atoms with Gasteiger partial charge in [-0.1, -0.05) is 6.92 Å². The summed E-state index contributed by atoms with van der Waals surface area (Å²) in [4.78, 5) is 24.8. The third-order valence-corrected chi connectivity index (χ3v) is 3.58. The summed E-state index contributed by atoms with van der Waals surface area (Å²) in [6.07, 6.45) is 7.88. The fourth-order valence-electron chi connectivity index (χ4n) is 2.43. The number of aromatic nitrogens is 2. The molecule has 0 radical (unpaired) electrons. The molecule has 2 unspecified atom stereocenters. The molecule has 1 aliphatic rings. The first-order valence-corrected chi connectivity index (χ1v) is 6.67. The van der Waals surface area contributed by atoms with Crippen molar-refractivity contribution in [1.82, 2.24) is 14.7 Å². The van der Waals surface area contributed by atoms with Crippen LogP contribution in [0.25, 0.3) is 6.08 Å². The van der Waals surface area contributed by atoms with Crippen LogP contribution in [0.2, 0.25) is 0 Å². The van der Waals surface area contributed by atoms with Crippen molar-refractivity contribution >= 4 is 18.0 Å². The molecule has 1 N–H and O–H groups in total. The molecule has 1 aromatic rings. The zero-order valence-corrected chi connectivity index (χ0v) is 11.7. The summed E-state index contributed by atoms with van der Waals surface area (Å²) < 4.78 is 1.65. The van der Waals surface area contributed by atoms with Crippen LogP contribution in [0, 0.1) is 5.92 Å². The number of hydrogen-bond acceptors (Lipinski definition) is 3. The van der Waals surface area contributed by atoms with Crippen molar-refractivity contribution in [3.8, 4) is 0 Å². The maximum atomic E-state index is 12.1. The van der Waals surface area contributed by atoms with Crippen molar-refractivity contribution in [3.05, 3.63) is 24.0 Å². The molecule has 1 amide bonds. The number of amides is 1. The number of aryl methyl sites for hydroxylation is 1. The Bertz CT molecular complexity index is 536. The summed E-state index contributed by atoms with van der Waals surface area (Å²) in [5, 5.41) is 13.2. The number of carbonyl (C=O) groups excluding carboxylic acids is 1. The Balaban J connectivity index is 2.07. The fourth-order valence-corrected chi connectivity index (χ4v) is 2.43. The summed E-state index contributed by atoms with van der Waals surface area (Å²) in [6, 6.07) is -0.718. The number of carboxylic acid groups (broad SMARTS) is 1. The van der Waals surface area contributed by atoms with Crippen LogP contribution in [0.3, 0.4) is 0 Å². The van der Waals surface area contributed by atoms with E-state index in [1.165, 1.54) is 11.0 Å². The minimum absolute atomic E-state index is 0.256. The molecule has 2 atom stereocenters. The van der Waals surface area contributed by atoms with E-state index in [1.54, 1.807) is 30.2 Å². The van der Waals surface area contributed by atoms with Crippen LogP contribution in [0.5, 0.6) is 0 Å². The first-order valence-electron chi connectivity index (χ1n) is 6.67. The second-order valence-electron chi connectivity index (χ2n) is 5.30. The predicted octanol–water partition coefficient (Wildman–Crippen LogP) is 1.14. The third-order valence-electron chi connectivity index (χ3n) is 3.58. The van der Waals surface area contributed by atoms with Crippen LogP contribution in [0.1, 0.15) is 25.3 Å². The Labute approximate surface area is 117 Å². The van der Waals surface area contributed by atoms with Gasteiger partial charge in [0.1, 0.15) is 6.04 Å². The van der Waals surface area contributed by atoms with Crippen molar-refractivity contribution in [2.75, 3.05) is 6.54 Å². The molecule has 2 rings (SSSR count). The van der Waals surface area contributed by atoms with Gasteiger partial charge in [-0.25, -0.2) is 4.79 Å². The zero-order valence-electron chi connectivity index (χ0n) is 11.7. The van der Waals surface area contributed by atoms with Crippen molar-refractivity contribution in [2.24, 2.45) is 13.0 Å². The molecule has 0 bridgehead atoms. The van der Waals surface area contributed by atoms with Crippen LogP contribution in [-0.2, 0) is 16.6 Å². The number of carbonyl (C=O) groups is 2. The van der Waals surface area contributed by atoms with Gasteiger partial charge in [0.05, 0.1) is 6.20 Å². The molecule has 0 aliphatic carbocycles. The van der Waals surface area contributed by atoms with Crippen molar-refractivity contribution in [1.29, 1.82) is 0 Å². The molecule has 2 heterocycles. The van der Waals surface area contributed by atoms with Gasteiger partial charge in [-0.15, -0.1) is 0 Å². The quantitative estimate of drug-likeness (QED) is 0.841. The van der Waals surface area contributed by atoms with Gasteiger partial charge < -0.3 is 10.0 Å². The number of carboxylic acids is 1. The van der Waals surface area contributed by atoms with Gasteiger partial charge in [-0.05, 0) is 24.8 Å². The second kappa shape index (κ2) is 5.90. The average Bonchev–Trinajstić information content (AvgIpc) is 2.81. The van der Waals surface area contributed by atoms with E-state index >= 15 is 0 Å². The van der Waals surface area contributed by atoms with Crippen LogP contribution in [0.4, 0.5) is 0 Å². The highest BCUT2D eigenvalue weighted by Gasteiger charge is 2.33. The lowest BCUT2D eigenvalue weighted by Gasteiger charge is -2.35.